The van der Waals surface area contributed by atoms with Crippen LogP contribution < -0.4 is 0 Å². The van der Waals surface area contributed by atoms with E-state index in [1.165, 1.54) is 0 Å². The second-order valence-corrected chi connectivity index (χ2v) is 6.99. The van der Waals surface area contributed by atoms with Crippen LogP contribution in [0.4, 0.5) is 0 Å². The summed E-state index contributed by atoms with van der Waals surface area (Å²) in [5.74, 6) is -0.589. The van der Waals surface area contributed by atoms with Crippen molar-refractivity contribution in [2.75, 3.05) is 6.61 Å². The van der Waals surface area contributed by atoms with Crippen molar-refractivity contribution in [1.82, 2.24) is 0 Å². The molecule has 2 fully saturated rings. The zero-order chi connectivity index (χ0) is 18.4. The van der Waals surface area contributed by atoms with Crippen LogP contribution in [0.1, 0.15) is 19.8 Å². The maximum absolute atomic E-state index is 11.2. The Kier molecular flexibility index (Phi) is 5.18. The molecule has 9 nitrogen and oxygen atoms in total. The first-order valence-corrected chi connectivity index (χ1v) is 8.33. The number of hydrogen-bond donors (Lipinski definition) is 5. The first-order valence-electron chi connectivity index (χ1n) is 8.33. The van der Waals surface area contributed by atoms with E-state index in [9.17, 15) is 30.3 Å². The summed E-state index contributed by atoms with van der Waals surface area (Å²) in [6.45, 7) is 1.32. The number of aldehydes is 1. The smallest absolute Gasteiger partial charge is 0.207 e. The number of ether oxygens (including phenoxy) is 3. The van der Waals surface area contributed by atoms with Crippen molar-refractivity contribution < 1.29 is 44.5 Å². The van der Waals surface area contributed by atoms with E-state index in [2.05, 4.69) is 0 Å². The SMILES string of the molecule is C[C@@H]1CC[C@]2(O)C(C=O)=CO[C@@H](O[C@@H]3O[C@H](CO)[C@@H](O)[C@H](O)[C@H]3O)C12. The van der Waals surface area contributed by atoms with Gasteiger partial charge in [-0.15, -0.1) is 0 Å². The molecule has 1 unspecified atom stereocenters. The van der Waals surface area contributed by atoms with E-state index in [1.807, 2.05) is 6.92 Å². The highest BCUT2D eigenvalue weighted by molar-refractivity contribution is 5.76. The maximum atomic E-state index is 11.2. The van der Waals surface area contributed by atoms with Crippen LogP contribution in [0.3, 0.4) is 0 Å². The minimum Gasteiger partial charge on any atom is -0.471 e. The topological polar surface area (TPSA) is 146 Å². The van der Waals surface area contributed by atoms with Gasteiger partial charge in [0, 0.05) is 0 Å². The monoisotopic (exact) mass is 360 g/mol. The van der Waals surface area contributed by atoms with E-state index in [1.54, 1.807) is 0 Å². The molecule has 1 saturated heterocycles. The van der Waals surface area contributed by atoms with Crippen LogP contribution >= 0.6 is 0 Å². The summed E-state index contributed by atoms with van der Waals surface area (Å²) in [5.41, 5.74) is -1.26. The summed E-state index contributed by atoms with van der Waals surface area (Å²) in [5, 5.41) is 49.9. The lowest BCUT2D eigenvalue weighted by molar-refractivity contribution is -0.346. The molecule has 0 radical (unpaired) electrons. The van der Waals surface area contributed by atoms with Crippen LogP contribution in [0.25, 0.3) is 0 Å². The molecule has 0 amide bonds. The molecule has 1 saturated carbocycles. The molecule has 25 heavy (non-hydrogen) atoms. The molecule has 0 aromatic carbocycles. The molecule has 0 spiro atoms. The van der Waals surface area contributed by atoms with Gasteiger partial charge in [0.25, 0.3) is 0 Å². The van der Waals surface area contributed by atoms with Crippen LogP contribution in [0.5, 0.6) is 0 Å². The lowest BCUT2D eigenvalue weighted by Crippen LogP contribution is -2.61. The van der Waals surface area contributed by atoms with Gasteiger partial charge < -0.3 is 39.7 Å². The highest BCUT2D eigenvalue weighted by Crippen LogP contribution is 2.49. The second-order valence-electron chi connectivity index (χ2n) is 6.99. The van der Waals surface area contributed by atoms with E-state index < -0.39 is 55.1 Å². The van der Waals surface area contributed by atoms with Gasteiger partial charge >= 0.3 is 0 Å². The van der Waals surface area contributed by atoms with Crippen LogP contribution in [0, 0.1) is 11.8 Å². The number of fused-ring (bicyclic) bond motifs is 1. The van der Waals surface area contributed by atoms with Crippen molar-refractivity contribution >= 4 is 6.29 Å². The molecule has 0 aromatic heterocycles. The lowest BCUT2D eigenvalue weighted by atomic mass is 9.80. The minimum absolute atomic E-state index is 0.0245. The Balaban J connectivity index is 1.80. The van der Waals surface area contributed by atoms with Gasteiger partial charge in [0.15, 0.2) is 12.6 Å². The van der Waals surface area contributed by atoms with Crippen molar-refractivity contribution in [3.8, 4) is 0 Å². The van der Waals surface area contributed by atoms with Gasteiger partial charge in [0.2, 0.25) is 6.29 Å². The van der Waals surface area contributed by atoms with Crippen molar-refractivity contribution in [2.24, 2.45) is 11.8 Å². The molecular formula is C16H24O9. The highest BCUT2D eigenvalue weighted by atomic mass is 16.8. The van der Waals surface area contributed by atoms with Crippen molar-refractivity contribution in [3.05, 3.63) is 11.8 Å². The third-order valence-corrected chi connectivity index (χ3v) is 5.51. The average molecular weight is 360 g/mol. The molecule has 2 heterocycles. The van der Waals surface area contributed by atoms with Crippen molar-refractivity contribution in [1.29, 1.82) is 0 Å². The fourth-order valence-corrected chi connectivity index (χ4v) is 3.98. The summed E-state index contributed by atoms with van der Waals surface area (Å²) in [6.07, 6.45) is -5.40. The summed E-state index contributed by atoms with van der Waals surface area (Å²) in [6, 6.07) is 0. The third kappa shape index (κ3) is 2.99. The first-order chi connectivity index (χ1) is 11.8. The fourth-order valence-electron chi connectivity index (χ4n) is 3.98. The van der Waals surface area contributed by atoms with Crippen molar-refractivity contribution in [2.45, 2.75) is 62.4 Å². The predicted octanol–water partition coefficient (Wildman–Crippen LogP) is -1.98. The zero-order valence-electron chi connectivity index (χ0n) is 13.8. The number of aliphatic hydroxyl groups excluding tert-OH is 4. The zero-order valence-corrected chi connectivity index (χ0v) is 13.8. The van der Waals surface area contributed by atoms with Crippen molar-refractivity contribution in [3.63, 3.8) is 0 Å². The Hall–Kier alpha value is -1.07. The van der Waals surface area contributed by atoms with E-state index in [0.717, 1.165) is 6.26 Å². The molecule has 9 heteroatoms. The van der Waals surface area contributed by atoms with Crippen LogP contribution in [-0.2, 0) is 19.0 Å². The van der Waals surface area contributed by atoms with Crippen LogP contribution in [-0.4, -0.2) is 81.0 Å². The normalized spacial score (nSPS) is 49.9. The summed E-state index contributed by atoms with van der Waals surface area (Å²) in [4.78, 5) is 11.2. The number of carbonyl (C=O) groups is 1. The standard InChI is InChI=1S/C16H24O9/c1-7-2-3-16(22)8(4-17)6-23-14(10(7)16)25-15-13(21)12(20)11(19)9(5-18)24-15/h4,6-7,9-15,18-22H,2-3,5H2,1H3/t7-,9-,10?,11-,12+,13-,14+,15+,16+/m1/s1. The fraction of sp³-hybridized carbons (Fsp3) is 0.812. The number of aliphatic hydroxyl groups is 5. The van der Waals surface area contributed by atoms with Crippen LogP contribution in [0.2, 0.25) is 0 Å². The molecule has 9 atom stereocenters. The molecular weight excluding hydrogens is 336 g/mol. The summed E-state index contributed by atoms with van der Waals surface area (Å²) >= 11 is 0. The highest BCUT2D eigenvalue weighted by Gasteiger charge is 2.56. The Morgan fingerprint density at radius 1 is 1.28 bits per heavy atom. The number of rotatable bonds is 4. The van der Waals surface area contributed by atoms with Gasteiger partial charge in [0.05, 0.1) is 24.4 Å². The summed E-state index contributed by atoms with van der Waals surface area (Å²) < 4.78 is 16.4. The van der Waals surface area contributed by atoms with Crippen LogP contribution in [0.15, 0.2) is 11.8 Å². The lowest BCUT2D eigenvalue weighted by Gasteiger charge is -2.44. The second kappa shape index (κ2) is 6.92. The Labute approximate surface area is 144 Å². The van der Waals surface area contributed by atoms with E-state index in [-0.39, 0.29) is 11.5 Å². The molecule has 1 aliphatic carbocycles. The van der Waals surface area contributed by atoms with E-state index in [4.69, 9.17) is 14.2 Å². The van der Waals surface area contributed by atoms with Gasteiger partial charge in [0.1, 0.15) is 30.0 Å². The van der Waals surface area contributed by atoms with Gasteiger partial charge in [-0.2, -0.15) is 0 Å². The van der Waals surface area contributed by atoms with Gasteiger partial charge in [-0.05, 0) is 18.8 Å². The molecule has 142 valence electrons. The van der Waals surface area contributed by atoms with E-state index in [0.29, 0.717) is 19.1 Å². The predicted molar refractivity (Wildman–Crippen MR) is 80.7 cm³/mol. The Morgan fingerprint density at radius 3 is 2.64 bits per heavy atom. The molecule has 3 rings (SSSR count). The van der Waals surface area contributed by atoms with Gasteiger partial charge in [-0.3, -0.25) is 4.79 Å². The Morgan fingerprint density at radius 2 is 2.00 bits per heavy atom. The molecule has 0 bridgehead atoms. The first kappa shape index (κ1) is 18.7. The summed E-state index contributed by atoms with van der Waals surface area (Å²) in [7, 11) is 0. The molecule has 2 aliphatic heterocycles. The molecule has 3 aliphatic rings. The average Bonchev–Trinajstić information content (AvgIpc) is 2.91. The molecule has 5 N–H and O–H groups in total. The number of carbonyl (C=O) groups excluding carboxylic acids is 1. The minimum atomic E-state index is -1.57. The van der Waals surface area contributed by atoms with Gasteiger partial charge in [-0.1, -0.05) is 6.92 Å². The quantitative estimate of drug-likeness (QED) is 0.360. The largest absolute Gasteiger partial charge is 0.471 e. The maximum Gasteiger partial charge on any atom is 0.207 e. The van der Waals surface area contributed by atoms with E-state index >= 15 is 0 Å². The third-order valence-electron chi connectivity index (χ3n) is 5.51. The van der Waals surface area contributed by atoms with Gasteiger partial charge in [-0.25, -0.2) is 0 Å². The Bertz CT molecular complexity index is 536. The molecule has 0 aromatic rings. The number of hydrogen-bond acceptors (Lipinski definition) is 9.